The van der Waals surface area contributed by atoms with Gasteiger partial charge in [-0.05, 0) is 67.1 Å². The first-order chi connectivity index (χ1) is 15.9. The van der Waals surface area contributed by atoms with E-state index in [9.17, 15) is 36.2 Å². The number of piperidine rings is 1. The van der Waals surface area contributed by atoms with E-state index in [4.69, 9.17) is 0 Å². The Hall–Kier alpha value is -2.81. The molecule has 2 aromatic rings. The third-order valence-corrected chi connectivity index (χ3v) is 6.25. The summed E-state index contributed by atoms with van der Waals surface area (Å²) >= 11 is 0. The normalized spacial score (nSPS) is 20.6. The predicted molar refractivity (Wildman–Crippen MR) is 115 cm³/mol. The second-order valence-electron chi connectivity index (χ2n) is 8.52. The van der Waals surface area contributed by atoms with Crippen molar-refractivity contribution < 1.29 is 36.2 Å². The molecule has 1 aliphatic rings. The predicted octanol–water partition coefficient (Wildman–Crippen LogP) is 7.27. The molecule has 0 saturated carbocycles. The third kappa shape index (κ3) is 6.20. The molecule has 1 fully saturated rings. The minimum Gasteiger partial charge on any atom is -0.481 e. The number of carbonyl (C=O) groups is 1. The summed E-state index contributed by atoms with van der Waals surface area (Å²) in [4.78, 5) is 13.3. The largest absolute Gasteiger partial charge is 0.481 e. The SMILES string of the molecule is C=CC[C@H](c1ccc(C(F)(F)F)cc1)N1CC[C@@H](CC(=O)O)C[C@H]1c1ccc(C(F)(F)F)cc1. The molecular weight excluding hydrogens is 460 g/mol. The van der Waals surface area contributed by atoms with Crippen LogP contribution in [-0.2, 0) is 17.1 Å². The maximum absolute atomic E-state index is 13.0. The molecule has 2 aromatic carbocycles. The number of carboxylic acid groups (broad SMARTS) is 1. The highest BCUT2D eigenvalue weighted by atomic mass is 19.4. The number of carboxylic acids is 1. The van der Waals surface area contributed by atoms with E-state index in [1.807, 2.05) is 4.90 Å². The second kappa shape index (κ2) is 10.2. The highest BCUT2D eigenvalue weighted by Gasteiger charge is 2.37. The maximum atomic E-state index is 13.0. The Kier molecular flexibility index (Phi) is 7.75. The molecule has 34 heavy (non-hydrogen) atoms. The quantitative estimate of drug-likeness (QED) is 0.331. The molecule has 3 rings (SSSR count). The smallest absolute Gasteiger partial charge is 0.416 e. The number of hydrogen-bond donors (Lipinski definition) is 1. The van der Waals surface area contributed by atoms with E-state index in [1.165, 1.54) is 24.3 Å². The van der Waals surface area contributed by atoms with Gasteiger partial charge in [0.05, 0.1) is 11.1 Å². The summed E-state index contributed by atoms with van der Waals surface area (Å²) in [6.07, 6.45) is -5.99. The van der Waals surface area contributed by atoms with Crippen LogP contribution in [0.5, 0.6) is 0 Å². The van der Waals surface area contributed by atoms with Crippen molar-refractivity contribution in [2.75, 3.05) is 6.54 Å². The summed E-state index contributed by atoms with van der Waals surface area (Å²) < 4.78 is 78.2. The van der Waals surface area contributed by atoms with Gasteiger partial charge < -0.3 is 5.11 Å². The van der Waals surface area contributed by atoms with Crippen LogP contribution >= 0.6 is 0 Å². The van der Waals surface area contributed by atoms with Gasteiger partial charge in [-0.25, -0.2) is 0 Å². The molecule has 0 bridgehead atoms. The zero-order valence-corrected chi connectivity index (χ0v) is 18.2. The summed E-state index contributed by atoms with van der Waals surface area (Å²) in [5.41, 5.74) is -0.329. The first-order valence-electron chi connectivity index (χ1n) is 10.8. The summed E-state index contributed by atoms with van der Waals surface area (Å²) in [5, 5.41) is 9.23. The van der Waals surface area contributed by atoms with Crippen LogP contribution in [0.4, 0.5) is 26.3 Å². The Bertz CT molecular complexity index is 982. The molecule has 1 heterocycles. The third-order valence-electron chi connectivity index (χ3n) is 6.25. The fourth-order valence-corrected chi connectivity index (χ4v) is 4.60. The average molecular weight is 485 g/mol. The zero-order valence-electron chi connectivity index (χ0n) is 18.2. The van der Waals surface area contributed by atoms with Crippen LogP contribution in [0.15, 0.2) is 61.2 Å². The van der Waals surface area contributed by atoms with Crippen LogP contribution < -0.4 is 0 Å². The van der Waals surface area contributed by atoms with E-state index in [1.54, 1.807) is 6.08 Å². The van der Waals surface area contributed by atoms with E-state index in [0.717, 1.165) is 24.3 Å². The fraction of sp³-hybridized carbons (Fsp3) is 0.400. The topological polar surface area (TPSA) is 40.5 Å². The molecule has 3 atom stereocenters. The van der Waals surface area contributed by atoms with Gasteiger partial charge in [0.15, 0.2) is 0 Å². The first kappa shape index (κ1) is 25.8. The Morgan fingerprint density at radius 2 is 1.53 bits per heavy atom. The van der Waals surface area contributed by atoms with E-state index in [2.05, 4.69) is 6.58 Å². The Balaban J connectivity index is 1.97. The van der Waals surface area contributed by atoms with Gasteiger partial charge >= 0.3 is 18.3 Å². The number of alkyl halides is 6. The molecule has 1 N–H and O–H groups in total. The van der Waals surface area contributed by atoms with Gasteiger partial charge in [0, 0.05) is 18.5 Å². The van der Waals surface area contributed by atoms with Crippen LogP contribution in [0, 0.1) is 5.92 Å². The zero-order chi connectivity index (χ0) is 25.1. The van der Waals surface area contributed by atoms with Crippen LogP contribution in [0.3, 0.4) is 0 Å². The number of aliphatic carboxylic acids is 1. The lowest BCUT2D eigenvalue weighted by Gasteiger charge is -2.44. The molecule has 0 radical (unpaired) electrons. The Labute approximate surface area is 193 Å². The molecule has 184 valence electrons. The van der Waals surface area contributed by atoms with Crippen LogP contribution in [0.25, 0.3) is 0 Å². The van der Waals surface area contributed by atoms with E-state index >= 15 is 0 Å². The van der Waals surface area contributed by atoms with Crippen molar-refractivity contribution in [3.05, 3.63) is 83.4 Å². The Morgan fingerprint density at radius 3 is 2.00 bits per heavy atom. The van der Waals surface area contributed by atoms with Crippen molar-refractivity contribution in [3.63, 3.8) is 0 Å². The lowest BCUT2D eigenvalue weighted by Crippen LogP contribution is -2.40. The Morgan fingerprint density at radius 1 is 1.00 bits per heavy atom. The van der Waals surface area contributed by atoms with Gasteiger partial charge in [-0.1, -0.05) is 30.3 Å². The monoisotopic (exact) mass is 485 g/mol. The number of halogens is 6. The highest BCUT2D eigenvalue weighted by molar-refractivity contribution is 5.67. The van der Waals surface area contributed by atoms with Crippen molar-refractivity contribution in [3.8, 4) is 0 Å². The van der Waals surface area contributed by atoms with Crippen LogP contribution in [0.2, 0.25) is 0 Å². The number of benzene rings is 2. The standard InChI is InChI=1S/C25H25F6NO2/c1-2-3-21(17-4-8-19(9-5-17)24(26,27)28)32-13-12-16(15-23(33)34)14-22(32)18-6-10-20(11-7-18)25(29,30)31/h2,4-11,16,21-22H,1,3,12-15H2,(H,33,34)/t16-,21-,22+/m1/s1. The van der Waals surface area contributed by atoms with Crippen LogP contribution in [-0.4, -0.2) is 22.5 Å². The van der Waals surface area contributed by atoms with E-state index in [-0.39, 0.29) is 18.4 Å². The average Bonchev–Trinajstić information content (AvgIpc) is 2.76. The molecule has 1 aliphatic heterocycles. The molecule has 0 spiro atoms. The van der Waals surface area contributed by atoms with Crippen LogP contribution in [0.1, 0.15) is 60.0 Å². The van der Waals surface area contributed by atoms with E-state index in [0.29, 0.717) is 36.9 Å². The summed E-state index contributed by atoms with van der Waals surface area (Å²) in [7, 11) is 0. The molecule has 9 heteroatoms. The van der Waals surface area contributed by atoms with Gasteiger partial charge in [-0.2, -0.15) is 26.3 Å². The van der Waals surface area contributed by atoms with Crippen molar-refractivity contribution in [1.82, 2.24) is 4.90 Å². The molecule has 0 aliphatic carbocycles. The number of rotatable bonds is 7. The van der Waals surface area contributed by atoms with Crippen molar-refractivity contribution in [1.29, 1.82) is 0 Å². The molecule has 0 aromatic heterocycles. The van der Waals surface area contributed by atoms with Gasteiger partial charge in [-0.15, -0.1) is 6.58 Å². The highest BCUT2D eigenvalue weighted by Crippen LogP contribution is 2.43. The van der Waals surface area contributed by atoms with Crippen molar-refractivity contribution >= 4 is 5.97 Å². The molecule has 1 saturated heterocycles. The number of hydrogen-bond acceptors (Lipinski definition) is 2. The first-order valence-corrected chi connectivity index (χ1v) is 10.8. The molecule has 0 unspecified atom stereocenters. The molecular formula is C25H25F6NO2. The minimum absolute atomic E-state index is 0.0582. The fourth-order valence-electron chi connectivity index (χ4n) is 4.60. The van der Waals surface area contributed by atoms with E-state index < -0.39 is 35.5 Å². The maximum Gasteiger partial charge on any atom is 0.416 e. The number of nitrogens with zero attached hydrogens (tertiary/aromatic N) is 1. The van der Waals surface area contributed by atoms with Crippen molar-refractivity contribution in [2.24, 2.45) is 5.92 Å². The summed E-state index contributed by atoms with van der Waals surface area (Å²) in [5.74, 6) is -1.12. The summed E-state index contributed by atoms with van der Waals surface area (Å²) in [6.45, 7) is 4.21. The number of likely N-dealkylation sites (tertiary alicyclic amines) is 1. The van der Waals surface area contributed by atoms with Gasteiger partial charge in [0.2, 0.25) is 0 Å². The lowest BCUT2D eigenvalue weighted by molar-refractivity contribution is -0.139. The van der Waals surface area contributed by atoms with Gasteiger partial charge in [0.25, 0.3) is 0 Å². The molecule has 3 nitrogen and oxygen atoms in total. The lowest BCUT2D eigenvalue weighted by atomic mass is 9.83. The van der Waals surface area contributed by atoms with Gasteiger partial charge in [-0.3, -0.25) is 9.69 Å². The van der Waals surface area contributed by atoms with Crippen molar-refractivity contribution in [2.45, 2.75) is 50.1 Å². The van der Waals surface area contributed by atoms with Gasteiger partial charge in [0.1, 0.15) is 0 Å². The molecule has 0 amide bonds. The summed E-state index contributed by atoms with van der Waals surface area (Å²) in [6, 6.07) is 8.84. The minimum atomic E-state index is -4.48. The second-order valence-corrected chi connectivity index (χ2v) is 8.52.